The van der Waals surface area contributed by atoms with Gasteiger partial charge >= 0.3 is 6.03 Å². The Labute approximate surface area is 167 Å². The Balaban J connectivity index is 1.52. The van der Waals surface area contributed by atoms with Gasteiger partial charge in [-0.05, 0) is 42.3 Å². The van der Waals surface area contributed by atoms with E-state index in [9.17, 15) is 4.79 Å². The molecule has 2 aromatic heterocycles. The second-order valence-electron chi connectivity index (χ2n) is 6.53. The summed E-state index contributed by atoms with van der Waals surface area (Å²) < 4.78 is 1.79. The minimum absolute atomic E-state index is 0.351. The van der Waals surface area contributed by atoms with Crippen LogP contribution in [0.15, 0.2) is 61.1 Å². The number of nitrogens with one attached hydrogen (secondary N) is 2. The molecule has 4 rings (SSSR count). The number of aromatic nitrogens is 3. The number of carbonyl (C=O) groups excluding carboxylic acids is 1. The molecule has 0 aliphatic rings. The van der Waals surface area contributed by atoms with Gasteiger partial charge in [-0.3, -0.25) is 9.67 Å². The molecule has 0 spiro atoms. The molecule has 0 unspecified atom stereocenters. The Bertz CT molecular complexity index is 1170. The van der Waals surface area contributed by atoms with Crippen LogP contribution in [-0.4, -0.2) is 20.8 Å². The number of anilines is 2. The van der Waals surface area contributed by atoms with Crippen LogP contribution in [0.1, 0.15) is 5.56 Å². The zero-order chi connectivity index (χ0) is 19.7. The lowest BCUT2D eigenvalue weighted by atomic mass is 10.0. The SMILES string of the molecule is Cc1ccc(Cl)c(NC(=O)Nc2ccc(-c3cncc4c3cnn4C)cc2)c1. The van der Waals surface area contributed by atoms with Crippen molar-refractivity contribution >= 4 is 39.9 Å². The standard InChI is InChI=1S/C21H18ClN5O/c1-13-3-8-18(22)19(9-13)26-21(28)25-15-6-4-14(5-7-15)16-10-23-12-20-17(16)11-24-27(20)2/h3-12H,1-2H3,(H2,25,26,28). The number of halogens is 1. The Morgan fingerprint density at radius 3 is 2.61 bits per heavy atom. The maximum atomic E-state index is 12.3. The fourth-order valence-corrected chi connectivity index (χ4v) is 3.21. The highest BCUT2D eigenvalue weighted by Crippen LogP contribution is 2.28. The number of carbonyl (C=O) groups is 1. The average Bonchev–Trinajstić information content (AvgIpc) is 3.07. The first kappa shape index (κ1) is 18.0. The van der Waals surface area contributed by atoms with Crippen LogP contribution in [0.5, 0.6) is 0 Å². The highest BCUT2D eigenvalue weighted by molar-refractivity contribution is 6.33. The molecule has 7 heteroatoms. The quantitative estimate of drug-likeness (QED) is 0.501. The monoisotopic (exact) mass is 391 g/mol. The highest BCUT2D eigenvalue weighted by Gasteiger charge is 2.09. The van der Waals surface area contributed by atoms with Gasteiger partial charge in [0.25, 0.3) is 0 Å². The molecule has 0 radical (unpaired) electrons. The topological polar surface area (TPSA) is 71.8 Å². The van der Waals surface area contributed by atoms with Crippen molar-refractivity contribution in [3.63, 3.8) is 0 Å². The molecule has 0 fully saturated rings. The van der Waals surface area contributed by atoms with Crippen molar-refractivity contribution < 1.29 is 4.79 Å². The van der Waals surface area contributed by atoms with E-state index in [1.54, 1.807) is 16.9 Å². The fourth-order valence-electron chi connectivity index (χ4n) is 3.04. The minimum atomic E-state index is -0.351. The summed E-state index contributed by atoms with van der Waals surface area (Å²) in [6, 6.07) is 12.7. The molecule has 2 amide bonds. The summed E-state index contributed by atoms with van der Waals surface area (Å²) in [5.41, 5.74) is 5.23. The Hall–Kier alpha value is -3.38. The van der Waals surface area contributed by atoms with Crippen LogP contribution in [0.3, 0.4) is 0 Å². The smallest absolute Gasteiger partial charge is 0.308 e. The number of rotatable bonds is 3. The molecular weight excluding hydrogens is 374 g/mol. The zero-order valence-electron chi connectivity index (χ0n) is 15.4. The maximum Gasteiger partial charge on any atom is 0.323 e. The van der Waals surface area contributed by atoms with Gasteiger partial charge in [-0.2, -0.15) is 5.10 Å². The number of hydrogen-bond acceptors (Lipinski definition) is 3. The molecule has 2 N–H and O–H groups in total. The van der Waals surface area contributed by atoms with Gasteiger partial charge in [-0.1, -0.05) is 29.8 Å². The molecular formula is C21H18ClN5O. The van der Waals surface area contributed by atoms with E-state index < -0.39 is 0 Å². The van der Waals surface area contributed by atoms with Gasteiger partial charge < -0.3 is 10.6 Å². The van der Waals surface area contributed by atoms with Gasteiger partial charge in [-0.15, -0.1) is 0 Å². The van der Waals surface area contributed by atoms with Crippen LogP contribution in [-0.2, 0) is 7.05 Å². The summed E-state index contributed by atoms with van der Waals surface area (Å²) in [7, 11) is 1.89. The van der Waals surface area contributed by atoms with Crippen molar-refractivity contribution in [2.75, 3.05) is 10.6 Å². The third-order valence-corrected chi connectivity index (χ3v) is 4.83. The molecule has 0 saturated carbocycles. The van der Waals surface area contributed by atoms with Crippen LogP contribution in [0, 0.1) is 6.92 Å². The molecule has 140 valence electrons. The first-order chi connectivity index (χ1) is 13.5. The van der Waals surface area contributed by atoms with E-state index in [1.807, 2.05) is 62.8 Å². The highest BCUT2D eigenvalue weighted by atomic mass is 35.5. The van der Waals surface area contributed by atoms with Crippen LogP contribution < -0.4 is 10.6 Å². The second-order valence-corrected chi connectivity index (χ2v) is 6.94. The van der Waals surface area contributed by atoms with Crippen LogP contribution >= 0.6 is 11.6 Å². The van der Waals surface area contributed by atoms with Gasteiger partial charge in [0.15, 0.2) is 0 Å². The average molecular weight is 392 g/mol. The van der Waals surface area contributed by atoms with Crippen LogP contribution in [0.2, 0.25) is 5.02 Å². The Morgan fingerprint density at radius 1 is 1.04 bits per heavy atom. The Morgan fingerprint density at radius 2 is 1.82 bits per heavy atom. The summed E-state index contributed by atoms with van der Waals surface area (Å²) in [5, 5.41) is 11.4. The summed E-state index contributed by atoms with van der Waals surface area (Å²) in [6.07, 6.45) is 5.44. The van der Waals surface area contributed by atoms with E-state index in [0.29, 0.717) is 16.4 Å². The third-order valence-electron chi connectivity index (χ3n) is 4.50. The zero-order valence-corrected chi connectivity index (χ0v) is 16.2. The normalized spacial score (nSPS) is 10.8. The molecule has 0 bridgehead atoms. The maximum absolute atomic E-state index is 12.3. The van der Waals surface area contributed by atoms with E-state index >= 15 is 0 Å². The number of nitrogens with zero attached hydrogens (tertiary/aromatic N) is 3. The van der Waals surface area contributed by atoms with E-state index in [-0.39, 0.29) is 6.03 Å². The number of urea groups is 1. The predicted octanol–water partition coefficient (Wildman–Crippen LogP) is 5.24. The first-order valence-electron chi connectivity index (χ1n) is 8.71. The number of fused-ring (bicyclic) bond motifs is 1. The summed E-state index contributed by atoms with van der Waals surface area (Å²) in [5.74, 6) is 0. The molecule has 28 heavy (non-hydrogen) atoms. The largest absolute Gasteiger partial charge is 0.323 e. The van der Waals surface area contributed by atoms with Gasteiger partial charge in [0.05, 0.1) is 28.6 Å². The molecule has 2 heterocycles. The lowest BCUT2D eigenvalue weighted by Gasteiger charge is -2.10. The number of pyridine rings is 1. The first-order valence-corrected chi connectivity index (χ1v) is 9.09. The molecule has 0 aliphatic heterocycles. The van der Waals surface area contributed by atoms with E-state index in [4.69, 9.17) is 11.6 Å². The molecule has 0 saturated heterocycles. The van der Waals surface area contributed by atoms with E-state index in [2.05, 4.69) is 20.7 Å². The number of benzene rings is 2. The van der Waals surface area contributed by atoms with Crippen molar-refractivity contribution in [2.45, 2.75) is 6.92 Å². The van der Waals surface area contributed by atoms with Crippen LogP contribution in [0.4, 0.5) is 16.2 Å². The van der Waals surface area contributed by atoms with Crippen LogP contribution in [0.25, 0.3) is 22.0 Å². The predicted molar refractivity (Wildman–Crippen MR) is 113 cm³/mol. The fraction of sp³-hybridized carbons (Fsp3) is 0.0952. The molecule has 0 atom stereocenters. The van der Waals surface area contributed by atoms with Crippen molar-refractivity contribution in [2.24, 2.45) is 7.05 Å². The molecule has 0 aliphatic carbocycles. The molecule has 4 aromatic rings. The van der Waals surface area contributed by atoms with Crippen molar-refractivity contribution in [3.05, 3.63) is 71.6 Å². The van der Waals surface area contributed by atoms with Crippen molar-refractivity contribution in [3.8, 4) is 11.1 Å². The lowest BCUT2D eigenvalue weighted by Crippen LogP contribution is -2.19. The van der Waals surface area contributed by atoms with Gasteiger partial charge in [0.2, 0.25) is 0 Å². The summed E-state index contributed by atoms with van der Waals surface area (Å²) >= 11 is 6.13. The minimum Gasteiger partial charge on any atom is -0.308 e. The van der Waals surface area contributed by atoms with E-state index in [0.717, 1.165) is 27.6 Å². The molecule has 2 aromatic carbocycles. The van der Waals surface area contributed by atoms with Crippen molar-refractivity contribution in [1.82, 2.24) is 14.8 Å². The molecule has 6 nitrogen and oxygen atoms in total. The second kappa shape index (κ2) is 7.32. The lowest BCUT2D eigenvalue weighted by molar-refractivity contribution is 0.262. The number of aryl methyl sites for hydroxylation is 2. The summed E-state index contributed by atoms with van der Waals surface area (Å²) in [4.78, 5) is 16.6. The number of hydrogen-bond donors (Lipinski definition) is 2. The number of amides is 2. The van der Waals surface area contributed by atoms with Gasteiger partial charge in [-0.25, -0.2) is 4.79 Å². The Kier molecular flexibility index (Phi) is 4.71. The van der Waals surface area contributed by atoms with E-state index in [1.165, 1.54) is 0 Å². The third kappa shape index (κ3) is 3.54. The van der Waals surface area contributed by atoms with Crippen molar-refractivity contribution in [1.29, 1.82) is 0 Å². The van der Waals surface area contributed by atoms with Gasteiger partial charge in [0, 0.05) is 29.9 Å². The van der Waals surface area contributed by atoms with Gasteiger partial charge in [0.1, 0.15) is 0 Å². The summed E-state index contributed by atoms with van der Waals surface area (Å²) in [6.45, 7) is 1.94.